The molecule has 0 radical (unpaired) electrons. The van der Waals surface area contributed by atoms with Crippen molar-refractivity contribution >= 4 is 5.91 Å². The van der Waals surface area contributed by atoms with E-state index in [-0.39, 0.29) is 24.7 Å². The molecule has 0 aromatic carbocycles. The molecule has 1 fully saturated rings. The highest BCUT2D eigenvalue weighted by atomic mass is 16.5. The normalized spacial score (nSPS) is 24.3. The summed E-state index contributed by atoms with van der Waals surface area (Å²) in [5.41, 5.74) is 2.11. The summed E-state index contributed by atoms with van der Waals surface area (Å²) in [5, 5.41) is 16.0. The maximum absolute atomic E-state index is 12.5. The predicted molar refractivity (Wildman–Crippen MR) is 65.4 cm³/mol. The summed E-state index contributed by atoms with van der Waals surface area (Å²) >= 11 is 0. The number of carbonyl (C=O) groups is 1. The first kappa shape index (κ1) is 13.0. The third-order valence-electron chi connectivity index (χ3n) is 3.31. The van der Waals surface area contributed by atoms with Gasteiger partial charge in [-0.3, -0.25) is 9.89 Å². The van der Waals surface area contributed by atoms with Gasteiger partial charge in [0.25, 0.3) is 5.91 Å². The average molecular weight is 253 g/mol. The average Bonchev–Trinajstić information content (AvgIpc) is 2.69. The molecule has 1 aliphatic rings. The van der Waals surface area contributed by atoms with Crippen molar-refractivity contribution in [2.45, 2.75) is 32.9 Å². The van der Waals surface area contributed by atoms with Crippen molar-refractivity contribution in [2.75, 3.05) is 19.8 Å². The lowest BCUT2D eigenvalue weighted by Crippen LogP contribution is -2.52. The SMILES string of the molecule is Cc1n[nH]c(C)c1C(=O)N1CC(CO)OCC1C. The molecule has 0 spiro atoms. The van der Waals surface area contributed by atoms with Crippen molar-refractivity contribution in [3.63, 3.8) is 0 Å². The number of aliphatic hydroxyl groups excluding tert-OH is 1. The van der Waals surface area contributed by atoms with E-state index < -0.39 is 0 Å². The van der Waals surface area contributed by atoms with Crippen LogP contribution in [0.15, 0.2) is 0 Å². The number of amides is 1. The second kappa shape index (κ2) is 5.07. The number of nitrogens with one attached hydrogen (secondary N) is 1. The van der Waals surface area contributed by atoms with Gasteiger partial charge < -0.3 is 14.7 Å². The van der Waals surface area contributed by atoms with E-state index in [1.807, 2.05) is 20.8 Å². The summed E-state index contributed by atoms with van der Waals surface area (Å²) in [7, 11) is 0. The Morgan fingerprint density at radius 3 is 2.89 bits per heavy atom. The Bertz CT molecular complexity index is 424. The molecule has 0 saturated carbocycles. The van der Waals surface area contributed by atoms with Crippen LogP contribution in [0, 0.1) is 13.8 Å². The van der Waals surface area contributed by atoms with Gasteiger partial charge in [-0.1, -0.05) is 0 Å². The van der Waals surface area contributed by atoms with Crippen LogP contribution in [0.4, 0.5) is 0 Å². The van der Waals surface area contributed by atoms with Gasteiger partial charge in [-0.05, 0) is 20.8 Å². The lowest BCUT2D eigenvalue weighted by molar-refractivity contribution is -0.0667. The van der Waals surface area contributed by atoms with E-state index in [1.165, 1.54) is 0 Å². The van der Waals surface area contributed by atoms with Crippen LogP contribution in [0.25, 0.3) is 0 Å². The molecule has 2 rings (SSSR count). The van der Waals surface area contributed by atoms with E-state index in [2.05, 4.69) is 10.2 Å². The van der Waals surface area contributed by atoms with E-state index in [0.29, 0.717) is 24.4 Å². The number of aromatic amines is 1. The highest BCUT2D eigenvalue weighted by molar-refractivity contribution is 5.96. The van der Waals surface area contributed by atoms with Crippen molar-refractivity contribution in [1.82, 2.24) is 15.1 Å². The summed E-state index contributed by atoms with van der Waals surface area (Å²) in [4.78, 5) is 14.2. The summed E-state index contributed by atoms with van der Waals surface area (Å²) in [5.74, 6) is -0.0481. The molecule has 2 heterocycles. The minimum atomic E-state index is -0.294. The Balaban J connectivity index is 2.22. The number of hydrogen-bond donors (Lipinski definition) is 2. The first-order valence-electron chi connectivity index (χ1n) is 6.09. The molecule has 6 nitrogen and oxygen atoms in total. The quantitative estimate of drug-likeness (QED) is 0.792. The number of H-pyrrole nitrogens is 1. The van der Waals surface area contributed by atoms with E-state index in [4.69, 9.17) is 9.84 Å². The Hall–Kier alpha value is -1.40. The predicted octanol–water partition coefficient (Wildman–Crippen LogP) is 0.248. The molecular formula is C12H19N3O3. The Labute approximate surface area is 106 Å². The lowest BCUT2D eigenvalue weighted by atomic mass is 10.1. The number of morpholine rings is 1. The largest absolute Gasteiger partial charge is 0.394 e. The van der Waals surface area contributed by atoms with Crippen LogP contribution in [0.5, 0.6) is 0 Å². The van der Waals surface area contributed by atoms with Crippen LogP contribution in [-0.4, -0.2) is 58.0 Å². The number of rotatable bonds is 2. The minimum Gasteiger partial charge on any atom is -0.394 e. The van der Waals surface area contributed by atoms with Crippen molar-refractivity contribution in [1.29, 1.82) is 0 Å². The van der Waals surface area contributed by atoms with Crippen molar-refractivity contribution in [3.05, 3.63) is 17.0 Å². The molecule has 1 aromatic rings. The first-order chi connectivity index (χ1) is 8.54. The fourth-order valence-electron chi connectivity index (χ4n) is 2.22. The van der Waals surface area contributed by atoms with Crippen LogP contribution in [-0.2, 0) is 4.74 Å². The van der Waals surface area contributed by atoms with Gasteiger partial charge in [-0.25, -0.2) is 0 Å². The number of aliphatic hydroxyl groups is 1. The van der Waals surface area contributed by atoms with Gasteiger partial charge in [-0.2, -0.15) is 5.10 Å². The van der Waals surface area contributed by atoms with Gasteiger partial charge in [0.05, 0.1) is 36.6 Å². The molecule has 1 aromatic heterocycles. The van der Waals surface area contributed by atoms with Crippen molar-refractivity contribution in [2.24, 2.45) is 0 Å². The molecule has 0 bridgehead atoms. The van der Waals surface area contributed by atoms with E-state index in [0.717, 1.165) is 5.69 Å². The molecule has 2 unspecified atom stereocenters. The van der Waals surface area contributed by atoms with Crippen molar-refractivity contribution in [3.8, 4) is 0 Å². The van der Waals surface area contributed by atoms with Crippen LogP contribution in [0.3, 0.4) is 0 Å². The van der Waals surface area contributed by atoms with Crippen LogP contribution >= 0.6 is 0 Å². The van der Waals surface area contributed by atoms with Gasteiger partial charge in [0, 0.05) is 12.2 Å². The van der Waals surface area contributed by atoms with Crippen LogP contribution in [0.1, 0.15) is 28.7 Å². The fourth-order valence-corrected chi connectivity index (χ4v) is 2.22. The number of aromatic nitrogens is 2. The molecule has 6 heteroatoms. The third-order valence-corrected chi connectivity index (χ3v) is 3.31. The second-order valence-electron chi connectivity index (χ2n) is 4.75. The Morgan fingerprint density at radius 1 is 1.61 bits per heavy atom. The highest BCUT2D eigenvalue weighted by Gasteiger charge is 2.31. The maximum atomic E-state index is 12.5. The van der Waals surface area contributed by atoms with Gasteiger partial charge in [0.2, 0.25) is 0 Å². The molecule has 1 aliphatic heterocycles. The molecule has 18 heavy (non-hydrogen) atoms. The monoisotopic (exact) mass is 253 g/mol. The van der Waals surface area contributed by atoms with Crippen LogP contribution in [0.2, 0.25) is 0 Å². The zero-order valence-electron chi connectivity index (χ0n) is 10.9. The Kier molecular flexibility index (Phi) is 3.68. The number of ether oxygens (including phenoxy) is 1. The Morgan fingerprint density at radius 2 is 2.33 bits per heavy atom. The number of aryl methyl sites for hydroxylation is 2. The number of nitrogens with zero attached hydrogens (tertiary/aromatic N) is 2. The summed E-state index contributed by atoms with van der Waals surface area (Å²) in [6.45, 7) is 6.39. The molecule has 0 aliphatic carbocycles. The lowest BCUT2D eigenvalue weighted by Gasteiger charge is -2.37. The van der Waals surface area contributed by atoms with E-state index in [1.54, 1.807) is 4.90 Å². The molecule has 1 amide bonds. The zero-order valence-corrected chi connectivity index (χ0v) is 10.9. The smallest absolute Gasteiger partial charge is 0.257 e. The molecule has 1 saturated heterocycles. The second-order valence-corrected chi connectivity index (χ2v) is 4.75. The topological polar surface area (TPSA) is 78.5 Å². The maximum Gasteiger partial charge on any atom is 0.257 e. The van der Waals surface area contributed by atoms with Gasteiger partial charge >= 0.3 is 0 Å². The molecule has 100 valence electrons. The first-order valence-corrected chi connectivity index (χ1v) is 6.09. The number of carbonyl (C=O) groups excluding carboxylic acids is 1. The van der Waals surface area contributed by atoms with Gasteiger partial charge in [-0.15, -0.1) is 0 Å². The minimum absolute atomic E-state index is 0.00833. The molecular weight excluding hydrogens is 234 g/mol. The highest BCUT2D eigenvalue weighted by Crippen LogP contribution is 2.18. The molecule has 2 atom stereocenters. The summed E-state index contributed by atoms with van der Waals surface area (Å²) in [6, 6.07) is 0.00833. The van der Waals surface area contributed by atoms with Gasteiger partial charge in [0.15, 0.2) is 0 Å². The van der Waals surface area contributed by atoms with Crippen molar-refractivity contribution < 1.29 is 14.6 Å². The fraction of sp³-hybridized carbons (Fsp3) is 0.667. The molecule has 2 N–H and O–H groups in total. The van der Waals surface area contributed by atoms with E-state index in [9.17, 15) is 4.79 Å². The zero-order chi connectivity index (χ0) is 13.3. The van der Waals surface area contributed by atoms with E-state index >= 15 is 0 Å². The van der Waals surface area contributed by atoms with Gasteiger partial charge in [0.1, 0.15) is 0 Å². The third kappa shape index (κ3) is 2.26. The number of hydrogen-bond acceptors (Lipinski definition) is 4. The summed E-state index contributed by atoms with van der Waals surface area (Å²) in [6.07, 6.45) is -0.294. The standard InChI is InChI=1S/C12H19N3O3/c1-7-6-18-10(5-16)4-15(7)12(17)11-8(2)13-14-9(11)3/h7,10,16H,4-6H2,1-3H3,(H,13,14). The summed E-state index contributed by atoms with van der Waals surface area (Å²) < 4.78 is 5.43. The van der Waals surface area contributed by atoms with Crippen LogP contribution < -0.4 is 0 Å².